The van der Waals surface area contributed by atoms with Crippen LogP contribution in [-0.4, -0.2) is 87.2 Å². The summed E-state index contributed by atoms with van der Waals surface area (Å²) >= 11 is 4.82. The molecule has 0 saturated carbocycles. The van der Waals surface area contributed by atoms with Crippen LogP contribution in [0.2, 0.25) is 0 Å². The molecule has 0 bridgehead atoms. The number of nitrogens with two attached hydrogens (primary N) is 1. The molecule has 21 heteroatoms. The van der Waals surface area contributed by atoms with E-state index in [1.807, 2.05) is 13.8 Å². The molecule has 0 fully saturated rings. The third-order valence-electron chi connectivity index (χ3n) is 13.2. The number of fused-ring (bicyclic) bond motifs is 2. The van der Waals surface area contributed by atoms with E-state index in [-0.39, 0.29) is 76.8 Å². The highest BCUT2D eigenvalue weighted by Gasteiger charge is 2.36. The first-order valence-electron chi connectivity index (χ1n) is 25.6. The zero-order valence-electron chi connectivity index (χ0n) is 43.9. The van der Waals surface area contributed by atoms with Crippen molar-refractivity contribution in [1.29, 1.82) is 0 Å². The highest BCUT2D eigenvalue weighted by atomic mass is 35.5. The van der Waals surface area contributed by atoms with E-state index in [0.29, 0.717) is 84.3 Å². The molecule has 408 valence electrons. The van der Waals surface area contributed by atoms with Gasteiger partial charge in [0.25, 0.3) is 23.6 Å². The maximum atomic E-state index is 13.5. The minimum absolute atomic E-state index is 0.0660. The van der Waals surface area contributed by atoms with Gasteiger partial charge in [0.15, 0.2) is 11.4 Å². The lowest BCUT2D eigenvalue weighted by molar-refractivity contribution is -0.116. The number of halogens is 3. The van der Waals surface area contributed by atoms with Gasteiger partial charge in [-0.25, -0.2) is 8.78 Å². The zero-order chi connectivity index (χ0) is 56.3. The standard InChI is InChI=1S/C29H29FN6O3.C26H25FN6O2.C3H5ClO/c1-3-25(37)32-21-10-12-22(13-11-21)33-28(38)26-23-17-35(29(39)24-5-4-14-31-24)15-18(2)27(23)36(34-26)16-19-6-8-20(30)9-7-19;1-16-13-32(26(35)22-3-2-12-29-22)15-21-23(25(34)30-20-10-8-19(28)9-11-20)31-33(24(16)21)14-17-4-6-18(27)7-5-17;1-2-3(4)5/h4-14,18,31H,3,15-17H2,1-2H3,(H,32,37)(H,33,38);2-12,16,29H,13-15,28H2,1H3,(H,30,34);2H2,1H3. The Balaban J connectivity index is 0.000000193. The number of hydrogen-bond acceptors (Lipinski definition) is 9. The van der Waals surface area contributed by atoms with E-state index in [2.05, 4.69) is 36.1 Å². The Morgan fingerprint density at radius 2 is 0.962 bits per heavy atom. The van der Waals surface area contributed by atoms with Crippen molar-refractivity contribution < 1.29 is 37.5 Å². The van der Waals surface area contributed by atoms with Crippen LogP contribution in [0.1, 0.15) is 128 Å². The van der Waals surface area contributed by atoms with Gasteiger partial charge in [-0.05, 0) is 120 Å². The topological polar surface area (TPSA) is 238 Å². The molecule has 0 aliphatic carbocycles. The van der Waals surface area contributed by atoms with E-state index >= 15 is 0 Å². The monoisotopic (exact) mass is 1090 g/mol. The van der Waals surface area contributed by atoms with Crippen LogP contribution in [-0.2, 0) is 35.8 Å². The third kappa shape index (κ3) is 13.9. The summed E-state index contributed by atoms with van der Waals surface area (Å²) < 4.78 is 30.5. The molecule has 2 atom stereocenters. The Morgan fingerprint density at radius 1 is 0.582 bits per heavy atom. The molecule has 0 saturated heterocycles. The number of aromatic amines is 2. The molecule has 2 unspecified atom stereocenters. The van der Waals surface area contributed by atoms with Crippen LogP contribution < -0.4 is 21.7 Å². The Morgan fingerprint density at radius 3 is 1.32 bits per heavy atom. The largest absolute Gasteiger partial charge is 0.399 e. The van der Waals surface area contributed by atoms with Crippen molar-refractivity contribution in [2.45, 2.75) is 78.6 Å². The number of benzene rings is 4. The maximum absolute atomic E-state index is 13.5. The van der Waals surface area contributed by atoms with E-state index in [4.69, 9.17) is 17.3 Å². The predicted octanol–water partition coefficient (Wildman–Crippen LogP) is 9.91. The van der Waals surface area contributed by atoms with Crippen LogP contribution in [0.3, 0.4) is 0 Å². The first-order valence-corrected chi connectivity index (χ1v) is 26.0. The first-order chi connectivity index (χ1) is 38.0. The smallest absolute Gasteiger partial charge is 0.276 e. The lowest BCUT2D eigenvalue weighted by atomic mass is 9.95. The summed E-state index contributed by atoms with van der Waals surface area (Å²) in [5, 5.41) is 17.6. The van der Waals surface area contributed by atoms with Crippen LogP contribution in [0.4, 0.5) is 31.5 Å². The van der Waals surface area contributed by atoms with Crippen molar-refractivity contribution in [3.63, 3.8) is 0 Å². The fourth-order valence-electron chi connectivity index (χ4n) is 9.33. The Kier molecular flexibility index (Phi) is 18.0. The molecule has 0 spiro atoms. The van der Waals surface area contributed by atoms with Gasteiger partial charge in [0, 0.05) is 95.4 Å². The molecule has 5 amide bonds. The Hall–Kier alpha value is -9.17. The van der Waals surface area contributed by atoms with Crippen molar-refractivity contribution >= 4 is 69.1 Å². The molecule has 4 aromatic carbocycles. The minimum Gasteiger partial charge on any atom is -0.399 e. The van der Waals surface area contributed by atoms with Crippen LogP contribution in [0.25, 0.3) is 0 Å². The van der Waals surface area contributed by atoms with Crippen molar-refractivity contribution in [2.24, 2.45) is 0 Å². The van der Waals surface area contributed by atoms with E-state index < -0.39 is 5.91 Å². The molecule has 10 rings (SSSR count). The average Bonchev–Trinajstić information content (AvgIpc) is 4.38. The fraction of sp³-hybridized carbons (Fsp3) is 0.241. The van der Waals surface area contributed by atoms with Crippen LogP contribution in [0, 0.1) is 11.6 Å². The van der Waals surface area contributed by atoms with Gasteiger partial charge in [-0.1, -0.05) is 52.0 Å². The molecule has 2 aliphatic heterocycles. The number of rotatable bonds is 13. The van der Waals surface area contributed by atoms with Crippen molar-refractivity contribution in [3.05, 3.63) is 202 Å². The van der Waals surface area contributed by atoms with Crippen LogP contribution >= 0.6 is 11.6 Å². The SMILES string of the molecule is CC1CN(C(=O)c2ccc[nH]2)Cc2c(C(=O)Nc3ccc(N)cc3)nn(Cc3ccc(F)cc3)c21.CCC(=O)Cl.CCC(=O)Nc1ccc(NC(=O)c2nn(Cc3ccc(F)cc3)c3c2CN(C(=O)c2ccc[nH]2)CC3C)cc1. The summed E-state index contributed by atoms with van der Waals surface area (Å²) in [6.07, 6.45) is 4.20. The number of carbonyl (C=O) groups excluding carboxylic acids is 6. The zero-order valence-corrected chi connectivity index (χ0v) is 44.6. The molecule has 2 aliphatic rings. The lowest BCUT2D eigenvalue weighted by Crippen LogP contribution is -2.38. The van der Waals surface area contributed by atoms with Gasteiger partial charge in [-0.2, -0.15) is 10.2 Å². The Labute approximate surface area is 459 Å². The second-order valence-electron chi connectivity index (χ2n) is 19.1. The third-order valence-corrected chi connectivity index (χ3v) is 13.4. The number of aromatic nitrogens is 6. The lowest BCUT2D eigenvalue weighted by Gasteiger charge is -2.32. The maximum Gasteiger partial charge on any atom is 0.276 e. The molecular formula is C58H59ClF2N12O6. The summed E-state index contributed by atoms with van der Waals surface area (Å²) in [4.78, 5) is 83.6. The van der Waals surface area contributed by atoms with E-state index in [1.54, 1.807) is 142 Å². The summed E-state index contributed by atoms with van der Waals surface area (Å²) in [6.45, 7) is 9.67. The average molecular weight is 1090 g/mol. The summed E-state index contributed by atoms with van der Waals surface area (Å²) in [5.74, 6) is -1.96. The quantitative estimate of drug-likeness (QED) is 0.0475. The highest BCUT2D eigenvalue weighted by Crippen LogP contribution is 2.34. The van der Waals surface area contributed by atoms with Gasteiger partial charge < -0.3 is 41.5 Å². The van der Waals surface area contributed by atoms with Crippen LogP contribution in [0.15, 0.2) is 134 Å². The molecule has 4 aromatic heterocycles. The Bertz CT molecular complexity index is 3430. The summed E-state index contributed by atoms with van der Waals surface area (Å²) in [7, 11) is 0. The number of hydrogen-bond donors (Lipinski definition) is 6. The molecule has 6 heterocycles. The number of amides is 5. The van der Waals surface area contributed by atoms with Gasteiger partial charge in [-0.3, -0.25) is 38.1 Å². The van der Waals surface area contributed by atoms with Crippen molar-refractivity contribution in [2.75, 3.05) is 34.8 Å². The van der Waals surface area contributed by atoms with Gasteiger partial charge >= 0.3 is 0 Å². The number of nitrogens with zero attached hydrogens (tertiary/aromatic N) is 6. The molecular weight excluding hydrogens is 1030 g/mol. The molecule has 18 nitrogen and oxygen atoms in total. The highest BCUT2D eigenvalue weighted by molar-refractivity contribution is 6.63. The van der Waals surface area contributed by atoms with E-state index in [0.717, 1.165) is 22.5 Å². The minimum atomic E-state index is -0.407. The normalized spacial score (nSPS) is 14.3. The number of nitrogen functional groups attached to an aromatic ring is 1. The number of carbonyl (C=O) groups is 6. The molecule has 7 N–H and O–H groups in total. The first kappa shape index (κ1) is 56.0. The van der Waals surface area contributed by atoms with Crippen LogP contribution in [0.5, 0.6) is 0 Å². The summed E-state index contributed by atoms with van der Waals surface area (Å²) in [5.41, 5.74) is 14.4. The van der Waals surface area contributed by atoms with E-state index in [9.17, 15) is 37.5 Å². The fourth-order valence-corrected chi connectivity index (χ4v) is 9.33. The molecule has 8 aromatic rings. The number of anilines is 4. The number of H-pyrrole nitrogens is 2. The molecule has 0 radical (unpaired) electrons. The van der Waals surface area contributed by atoms with Crippen molar-refractivity contribution in [3.8, 4) is 0 Å². The van der Waals surface area contributed by atoms with Crippen molar-refractivity contribution in [1.82, 2.24) is 39.3 Å². The second-order valence-corrected chi connectivity index (χ2v) is 19.5. The van der Waals surface area contributed by atoms with Gasteiger partial charge in [0.1, 0.15) is 23.0 Å². The van der Waals surface area contributed by atoms with E-state index in [1.165, 1.54) is 24.3 Å². The molecule has 79 heavy (non-hydrogen) atoms. The van der Waals surface area contributed by atoms with Gasteiger partial charge in [0.05, 0.1) is 26.2 Å². The van der Waals surface area contributed by atoms with Gasteiger partial charge in [-0.15, -0.1) is 0 Å². The predicted molar refractivity (Wildman–Crippen MR) is 297 cm³/mol. The summed E-state index contributed by atoms with van der Waals surface area (Å²) in [6, 6.07) is 33.1. The second kappa shape index (κ2) is 25.3. The van der Waals surface area contributed by atoms with Gasteiger partial charge in [0.2, 0.25) is 11.1 Å². The number of nitrogens with one attached hydrogen (secondary N) is 5.